The molecule has 73 heavy (non-hydrogen) atoms. The molecule has 0 aliphatic carbocycles. The molecular weight excluding hydrogens is 1040 g/mol. The number of rotatable bonds is 28. The Morgan fingerprint density at radius 2 is 1.18 bits per heavy atom. The topological polar surface area (TPSA) is 71.8 Å². The molecule has 2 aliphatic heterocycles. The Hall–Kier alpha value is -3.76. The quantitative estimate of drug-likeness (QED) is 0.0273. The lowest BCUT2D eigenvalue weighted by Crippen LogP contribution is -2.34. The van der Waals surface area contributed by atoms with E-state index in [9.17, 15) is 14.4 Å². The van der Waals surface area contributed by atoms with E-state index in [4.69, 9.17) is 17.0 Å². The SMILES string of the molecule is CCCCCCc1cc(-c2sc(-c3sc(-c4ccc5c(c4)Sc4ccccc4N5CCCCCC)cc3CCCCCC)cc2CCCCCC)sc1/C=c1/s/c(=C2/SC(=S)N(CC)C2=O)n(COC=O)c1=O. The predicted molar refractivity (Wildman–Crippen MR) is 321 cm³/mol. The van der Waals surface area contributed by atoms with Crippen molar-refractivity contribution < 1.29 is 14.3 Å². The Morgan fingerprint density at radius 1 is 0.589 bits per heavy atom. The number of hydrogen-bond donors (Lipinski definition) is 0. The number of thiocarbonyl (C=S) groups is 1. The fourth-order valence-electron chi connectivity index (χ4n) is 9.75. The van der Waals surface area contributed by atoms with Gasteiger partial charge in [0.15, 0.2) is 6.73 Å². The maximum atomic E-state index is 14.3. The maximum Gasteiger partial charge on any atom is 0.294 e. The van der Waals surface area contributed by atoms with E-state index in [2.05, 4.69) is 93.3 Å². The summed E-state index contributed by atoms with van der Waals surface area (Å²) in [7, 11) is 0. The highest BCUT2D eigenvalue weighted by Crippen LogP contribution is 2.52. The molecular formula is C59H71N3O4S7. The number of aromatic nitrogens is 1. The van der Waals surface area contributed by atoms with E-state index in [0.29, 0.717) is 31.4 Å². The third-order valence-corrected chi connectivity index (χ3v) is 21.5. The van der Waals surface area contributed by atoms with Gasteiger partial charge in [0.05, 0.1) is 15.9 Å². The molecule has 1 amide bonds. The molecule has 0 unspecified atom stereocenters. The lowest BCUT2D eigenvalue weighted by Gasteiger charge is -2.33. The maximum absolute atomic E-state index is 14.3. The molecule has 6 aromatic rings. The fourth-order valence-corrected chi connectivity index (χ4v) is 17.4. The second-order valence-electron chi connectivity index (χ2n) is 19.1. The highest BCUT2D eigenvalue weighted by molar-refractivity contribution is 8.30. The molecule has 388 valence electrons. The van der Waals surface area contributed by atoms with Crippen LogP contribution in [0.4, 0.5) is 11.4 Å². The number of nitrogens with zero attached hydrogens (tertiary/aromatic N) is 3. The normalized spacial score (nSPS) is 14.5. The van der Waals surface area contributed by atoms with Crippen molar-refractivity contribution in [1.29, 1.82) is 0 Å². The molecule has 0 radical (unpaired) electrons. The van der Waals surface area contributed by atoms with Crippen LogP contribution in [-0.4, -0.2) is 39.3 Å². The second kappa shape index (κ2) is 27.3. The van der Waals surface area contributed by atoms with Gasteiger partial charge in [-0.2, -0.15) is 0 Å². The summed E-state index contributed by atoms with van der Waals surface area (Å²) in [5.74, 6) is -0.227. The van der Waals surface area contributed by atoms with E-state index in [1.165, 1.54) is 173 Å². The van der Waals surface area contributed by atoms with Gasteiger partial charge in [-0.1, -0.05) is 159 Å². The van der Waals surface area contributed by atoms with Gasteiger partial charge in [-0.3, -0.25) is 23.9 Å². The smallest absolute Gasteiger partial charge is 0.294 e. The number of thiophene rings is 3. The van der Waals surface area contributed by atoms with Crippen LogP contribution in [-0.2, 0) is 40.3 Å². The molecule has 7 nitrogen and oxygen atoms in total. The Bertz CT molecular complexity index is 3050. The average molecular weight is 1110 g/mol. The lowest BCUT2D eigenvalue weighted by molar-refractivity contribution is -0.132. The predicted octanol–water partition coefficient (Wildman–Crippen LogP) is 16.6. The molecule has 0 saturated carbocycles. The zero-order valence-corrected chi connectivity index (χ0v) is 49.0. The van der Waals surface area contributed by atoms with Crippen LogP contribution in [0.25, 0.3) is 40.9 Å². The molecule has 14 heteroatoms. The monoisotopic (exact) mass is 1110 g/mol. The Morgan fingerprint density at radius 3 is 1.82 bits per heavy atom. The van der Waals surface area contributed by atoms with Gasteiger partial charge in [0.1, 0.15) is 13.9 Å². The Labute approximate surface area is 463 Å². The molecule has 0 N–H and O–H groups in total. The highest BCUT2D eigenvalue weighted by Gasteiger charge is 2.33. The number of benzene rings is 2. The van der Waals surface area contributed by atoms with E-state index in [0.717, 1.165) is 56.4 Å². The molecule has 1 fully saturated rings. The van der Waals surface area contributed by atoms with Crippen molar-refractivity contribution in [2.75, 3.05) is 18.0 Å². The molecule has 4 aromatic heterocycles. The van der Waals surface area contributed by atoms with Crippen LogP contribution in [0.2, 0.25) is 0 Å². The molecule has 1 saturated heterocycles. The summed E-state index contributed by atoms with van der Waals surface area (Å²) in [5.41, 5.74) is 7.76. The van der Waals surface area contributed by atoms with Crippen molar-refractivity contribution in [1.82, 2.24) is 9.47 Å². The number of carbonyl (C=O) groups is 2. The lowest BCUT2D eigenvalue weighted by atomic mass is 10.0. The summed E-state index contributed by atoms with van der Waals surface area (Å²) < 4.78 is 7.99. The summed E-state index contributed by atoms with van der Waals surface area (Å²) in [6.45, 7) is 12.5. The first kappa shape index (κ1) is 55.5. The molecule has 0 atom stereocenters. The minimum absolute atomic E-state index is 0.227. The number of thioether (sulfide) groups is 1. The minimum Gasteiger partial charge on any atom is -0.446 e. The van der Waals surface area contributed by atoms with E-state index < -0.39 is 0 Å². The Kier molecular flexibility index (Phi) is 20.8. The van der Waals surface area contributed by atoms with Crippen molar-refractivity contribution in [2.24, 2.45) is 0 Å². The summed E-state index contributed by atoms with van der Waals surface area (Å²) >= 11 is 15.6. The number of aryl methyl sites for hydroxylation is 3. The number of anilines is 2. The standard InChI is InChI=1S/C59H71N3O4S7/c1-6-11-15-19-25-40-34-50(69-48(40)37-52-56(64)62(38-66-39-63)58(72-52)55-57(65)60(10-5)59(67)73-55)53-43(27-21-17-13-8-3)36-51(71-53)54-42(26-20-16-12-7-2)35-47(70-54)41-30-31-45-49(33-41)68-46-29-23-22-28-44(46)61(45)32-24-18-14-9-4/h22-23,28-31,33-37,39H,6-21,24-27,32,38H2,1-5H3/b52-37+,58-55+. The molecule has 8 rings (SSSR count). The Balaban J connectivity index is 1.21. The molecule has 2 aliphatic rings. The zero-order valence-electron chi connectivity index (χ0n) is 43.3. The summed E-state index contributed by atoms with van der Waals surface area (Å²) in [4.78, 5) is 54.1. The molecule has 0 bridgehead atoms. The van der Waals surface area contributed by atoms with Gasteiger partial charge in [-0.15, -0.1) is 45.3 Å². The van der Waals surface area contributed by atoms with Crippen molar-refractivity contribution in [3.63, 3.8) is 0 Å². The van der Waals surface area contributed by atoms with Crippen molar-refractivity contribution in [3.8, 4) is 29.9 Å². The third kappa shape index (κ3) is 13.3. The van der Waals surface area contributed by atoms with Crippen molar-refractivity contribution in [3.05, 3.63) is 102 Å². The summed E-state index contributed by atoms with van der Waals surface area (Å²) in [6, 6.07) is 23.5. The van der Waals surface area contributed by atoms with E-state index in [1.807, 2.05) is 47.4 Å². The zero-order chi connectivity index (χ0) is 51.3. The number of unbranched alkanes of at least 4 members (excludes halogenated alkanes) is 12. The van der Waals surface area contributed by atoms with Crippen molar-refractivity contribution in [2.45, 2.75) is 173 Å². The number of fused-ring (bicyclic) bond motifs is 2. The van der Waals surface area contributed by atoms with Crippen LogP contribution >= 0.6 is 81.1 Å². The number of hydrogen-bond acceptors (Lipinski definition) is 12. The second-order valence-corrected chi connectivity index (χ2v) is 26.1. The largest absolute Gasteiger partial charge is 0.446 e. The number of para-hydroxylation sites is 1. The number of amides is 1. The van der Waals surface area contributed by atoms with E-state index >= 15 is 0 Å². The van der Waals surface area contributed by atoms with Crippen molar-refractivity contribution >= 4 is 120 Å². The molecule has 6 heterocycles. The van der Waals surface area contributed by atoms with Crippen LogP contribution < -0.4 is 19.7 Å². The van der Waals surface area contributed by atoms with Crippen LogP contribution in [0.5, 0.6) is 0 Å². The van der Waals surface area contributed by atoms with Gasteiger partial charge in [-0.25, -0.2) is 0 Å². The van der Waals surface area contributed by atoms with E-state index in [1.54, 1.807) is 16.2 Å². The van der Waals surface area contributed by atoms with Gasteiger partial charge in [0.25, 0.3) is 17.9 Å². The average Bonchev–Trinajstić information content (AvgIpc) is 4.23. The van der Waals surface area contributed by atoms with E-state index in [-0.39, 0.29) is 18.2 Å². The first-order chi connectivity index (χ1) is 35.7. The minimum atomic E-state index is -0.285. The number of ether oxygens (including phenoxy) is 1. The highest BCUT2D eigenvalue weighted by atomic mass is 32.2. The molecule has 2 aromatic carbocycles. The first-order valence-corrected chi connectivity index (χ1v) is 32.1. The van der Waals surface area contributed by atoms with Crippen LogP contribution in [0.15, 0.2) is 75.2 Å². The summed E-state index contributed by atoms with van der Waals surface area (Å²) in [5, 5.41) is 0. The van der Waals surface area contributed by atoms with Gasteiger partial charge in [-0.05, 0) is 123 Å². The van der Waals surface area contributed by atoms with Crippen LogP contribution in [0.3, 0.4) is 0 Å². The first-order valence-electron chi connectivity index (χ1n) is 26.8. The van der Waals surface area contributed by atoms with Gasteiger partial charge in [0, 0.05) is 52.1 Å². The number of thiazole rings is 1. The van der Waals surface area contributed by atoms with Crippen LogP contribution in [0, 0.1) is 0 Å². The fraction of sp³-hybridized carbons (Fsp3) is 0.458. The van der Waals surface area contributed by atoms with Gasteiger partial charge < -0.3 is 9.64 Å². The summed E-state index contributed by atoms with van der Waals surface area (Å²) in [6.07, 6.45) is 24.2. The van der Waals surface area contributed by atoms with Crippen LogP contribution in [0.1, 0.15) is 159 Å². The van der Waals surface area contributed by atoms with Gasteiger partial charge >= 0.3 is 0 Å². The van der Waals surface area contributed by atoms with Gasteiger partial charge in [0.2, 0.25) is 0 Å². The molecule has 0 spiro atoms. The third-order valence-electron chi connectivity index (χ3n) is 13.8. The number of carbonyl (C=O) groups excluding carboxylic acids is 2.